The Labute approximate surface area is 171 Å². The van der Waals surface area contributed by atoms with Gasteiger partial charge in [-0.3, -0.25) is 4.79 Å². The van der Waals surface area contributed by atoms with Crippen molar-refractivity contribution in [1.82, 2.24) is 10.0 Å². The fraction of sp³-hybridized carbons (Fsp3) is 0.333. The number of hydrogen-bond acceptors (Lipinski definition) is 5. The number of carbonyl (C=O) groups is 2. The van der Waals surface area contributed by atoms with E-state index in [9.17, 15) is 18.0 Å². The van der Waals surface area contributed by atoms with Crippen molar-refractivity contribution in [3.05, 3.63) is 65.7 Å². The van der Waals surface area contributed by atoms with E-state index >= 15 is 0 Å². The van der Waals surface area contributed by atoms with Crippen molar-refractivity contribution in [3.8, 4) is 0 Å². The van der Waals surface area contributed by atoms with Crippen LogP contribution in [0.15, 0.2) is 59.5 Å². The third-order valence-corrected chi connectivity index (χ3v) is 5.34. The van der Waals surface area contributed by atoms with Crippen LogP contribution in [0.2, 0.25) is 0 Å². The lowest BCUT2D eigenvalue weighted by atomic mass is 10.1. The van der Waals surface area contributed by atoms with E-state index in [1.54, 1.807) is 26.0 Å². The fourth-order valence-corrected chi connectivity index (χ4v) is 3.46. The van der Waals surface area contributed by atoms with Crippen molar-refractivity contribution >= 4 is 22.0 Å². The average molecular weight is 419 g/mol. The van der Waals surface area contributed by atoms with E-state index in [0.717, 1.165) is 11.1 Å². The molecule has 0 atom stereocenters. The molecule has 0 heterocycles. The van der Waals surface area contributed by atoms with Gasteiger partial charge in [-0.25, -0.2) is 17.9 Å². The predicted molar refractivity (Wildman–Crippen MR) is 110 cm³/mol. The lowest BCUT2D eigenvalue weighted by Gasteiger charge is -2.10. The van der Waals surface area contributed by atoms with Gasteiger partial charge >= 0.3 is 6.09 Å². The number of nitrogens with one attached hydrogen (secondary N) is 2. The topological polar surface area (TPSA) is 102 Å². The summed E-state index contributed by atoms with van der Waals surface area (Å²) in [6, 6.07) is 15.9. The Morgan fingerprint density at radius 2 is 1.55 bits per heavy atom. The maximum absolute atomic E-state index is 12.2. The number of carbonyl (C=O) groups excluding carboxylic acids is 2. The van der Waals surface area contributed by atoms with Crippen LogP contribution in [0, 0.1) is 0 Å². The van der Waals surface area contributed by atoms with Crippen molar-refractivity contribution < 1.29 is 22.7 Å². The largest absolute Gasteiger partial charge is 0.446 e. The smallest absolute Gasteiger partial charge is 0.421 e. The summed E-state index contributed by atoms with van der Waals surface area (Å²) in [5, 5.41) is 2.86. The van der Waals surface area contributed by atoms with Crippen LogP contribution >= 0.6 is 0 Å². The van der Waals surface area contributed by atoms with Gasteiger partial charge in [0.05, 0.1) is 11.0 Å². The number of amides is 2. The van der Waals surface area contributed by atoms with Gasteiger partial charge in [0.25, 0.3) is 10.0 Å². The Morgan fingerprint density at radius 3 is 2.17 bits per heavy atom. The molecule has 2 amide bonds. The lowest BCUT2D eigenvalue weighted by molar-refractivity contribution is -0.121. The molecule has 7 nitrogen and oxygen atoms in total. The normalized spacial score (nSPS) is 11.1. The second-order valence-electron chi connectivity index (χ2n) is 6.79. The van der Waals surface area contributed by atoms with Crippen LogP contribution in [0.4, 0.5) is 4.79 Å². The van der Waals surface area contributed by atoms with Crippen LogP contribution in [-0.4, -0.2) is 33.1 Å². The maximum atomic E-state index is 12.2. The highest BCUT2D eigenvalue weighted by Crippen LogP contribution is 2.11. The summed E-state index contributed by atoms with van der Waals surface area (Å²) in [6.45, 7) is 3.71. The van der Waals surface area contributed by atoms with E-state index in [4.69, 9.17) is 4.74 Å². The summed E-state index contributed by atoms with van der Waals surface area (Å²) in [6.07, 6.45) is 0.239. The molecular formula is C21H26N2O5S. The summed E-state index contributed by atoms with van der Waals surface area (Å²) in [5.41, 5.74) is 1.99. The van der Waals surface area contributed by atoms with Crippen LogP contribution in [0.25, 0.3) is 0 Å². The average Bonchev–Trinajstić information content (AvgIpc) is 2.66. The molecule has 0 radical (unpaired) electrons. The first-order valence-corrected chi connectivity index (χ1v) is 10.9. The summed E-state index contributed by atoms with van der Waals surface area (Å²) < 4.78 is 31.0. The minimum atomic E-state index is -3.98. The first-order chi connectivity index (χ1) is 13.8. The quantitative estimate of drug-likeness (QED) is 0.652. The van der Waals surface area contributed by atoms with Gasteiger partial charge in [0.15, 0.2) is 0 Å². The van der Waals surface area contributed by atoms with Crippen molar-refractivity contribution in [2.45, 2.75) is 44.1 Å². The number of aryl methyl sites for hydroxylation is 1. The predicted octanol–water partition coefficient (Wildman–Crippen LogP) is 2.80. The standard InChI is InChI=1S/C21H26N2O5S/c1-16(2)28-21(25)23-29(26,27)19-11-8-18(9-12-19)14-15-22-20(24)13-10-17-6-4-3-5-7-17/h3-9,11-12,16H,10,13-15H2,1-2H3,(H,22,24)(H,23,25). The summed E-state index contributed by atoms with van der Waals surface area (Å²) in [7, 11) is -3.98. The lowest BCUT2D eigenvalue weighted by Crippen LogP contribution is -2.32. The molecule has 0 aliphatic carbocycles. The first kappa shape index (κ1) is 22.4. The fourth-order valence-electron chi connectivity index (χ4n) is 2.58. The van der Waals surface area contributed by atoms with Crippen LogP contribution < -0.4 is 10.0 Å². The SMILES string of the molecule is CC(C)OC(=O)NS(=O)(=O)c1ccc(CCNC(=O)CCc2ccccc2)cc1. The highest BCUT2D eigenvalue weighted by molar-refractivity contribution is 7.90. The molecule has 0 aliphatic rings. The Hall–Kier alpha value is -2.87. The van der Waals surface area contributed by atoms with Gasteiger partial charge < -0.3 is 10.1 Å². The molecule has 2 rings (SSSR count). The molecule has 2 N–H and O–H groups in total. The molecule has 0 unspecified atom stereocenters. The molecule has 0 aromatic heterocycles. The summed E-state index contributed by atoms with van der Waals surface area (Å²) in [5.74, 6) is -0.0269. The molecule has 0 bridgehead atoms. The van der Waals surface area contributed by atoms with E-state index in [2.05, 4.69) is 5.32 Å². The third kappa shape index (κ3) is 7.95. The van der Waals surface area contributed by atoms with Crippen LogP contribution in [0.3, 0.4) is 0 Å². The first-order valence-electron chi connectivity index (χ1n) is 9.39. The van der Waals surface area contributed by atoms with E-state index in [1.165, 1.54) is 12.1 Å². The minimum Gasteiger partial charge on any atom is -0.446 e. The molecule has 0 fully saturated rings. The van der Waals surface area contributed by atoms with Crippen molar-refractivity contribution in [2.75, 3.05) is 6.54 Å². The van der Waals surface area contributed by atoms with Crippen molar-refractivity contribution in [2.24, 2.45) is 0 Å². The number of hydrogen-bond donors (Lipinski definition) is 2. The molecule has 0 spiro atoms. The molecule has 0 saturated carbocycles. The monoisotopic (exact) mass is 418 g/mol. The van der Waals surface area contributed by atoms with E-state index < -0.39 is 22.2 Å². The number of benzene rings is 2. The molecular weight excluding hydrogens is 392 g/mol. The molecule has 156 valence electrons. The number of ether oxygens (including phenoxy) is 1. The van der Waals surface area contributed by atoms with Gasteiger partial charge in [-0.1, -0.05) is 42.5 Å². The number of sulfonamides is 1. The summed E-state index contributed by atoms with van der Waals surface area (Å²) >= 11 is 0. The van der Waals surface area contributed by atoms with E-state index in [1.807, 2.05) is 35.1 Å². The Kier molecular flexibility index (Phi) is 8.21. The van der Waals surface area contributed by atoms with Gasteiger partial charge in [0.2, 0.25) is 5.91 Å². The van der Waals surface area contributed by atoms with E-state index in [0.29, 0.717) is 25.8 Å². The Balaban J connectivity index is 1.78. The maximum Gasteiger partial charge on any atom is 0.421 e. The third-order valence-electron chi connectivity index (χ3n) is 4.01. The highest BCUT2D eigenvalue weighted by Gasteiger charge is 2.19. The van der Waals surface area contributed by atoms with Crippen LogP contribution in [0.1, 0.15) is 31.4 Å². The van der Waals surface area contributed by atoms with Gasteiger partial charge in [-0.15, -0.1) is 0 Å². The van der Waals surface area contributed by atoms with Gasteiger partial charge in [0.1, 0.15) is 0 Å². The van der Waals surface area contributed by atoms with Crippen LogP contribution in [-0.2, 0) is 32.4 Å². The van der Waals surface area contributed by atoms with E-state index in [-0.39, 0.29) is 10.8 Å². The zero-order chi connectivity index (χ0) is 21.3. The molecule has 29 heavy (non-hydrogen) atoms. The Morgan fingerprint density at radius 1 is 0.931 bits per heavy atom. The Bertz CT molecular complexity index is 910. The molecule has 0 saturated heterocycles. The molecule has 0 aliphatic heterocycles. The molecule has 8 heteroatoms. The van der Waals surface area contributed by atoms with Gasteiger partial charge in [-0.05, 0) is 49.9 Å². The molecule has 2 aromatic carbocycles. The van der Waals surface area contributed by atoms with Gasteiger partial charge in [-0.2, -0.15) is 0 Å². The zero-order valence-electron chi connectivity index (χ0n) is 16.6. The summed E-state index contributed by atoms with van der Waals surface area (Å²) in [4.78, 5) is 23.4. The van der Waals surface area contributed by atoms with Crippen LogP contribution in [0.5, 0.6) is 0 Å². The van der Waals surface area contributed by atoms with Gasteiger partial charge in [0, 0.05) is 13.0 Å². The molecule has 2 aromatic rings. The second kappa shape index (κ2) is 10.6. The highest BCUT2D eigenvalue weighted by atomic mass is 32.2. The van der Waals surface area contributed by atoms with Crippen molar-refractivity contribution in [1.29, 1.82) is 0 Å². The minimum absolute atomic E-state index is 0.0269. The zero-order valence-corrected chi connectivity index (χ0v) is 17.4. The van der Waals surface area contributed by atoms with Crippen molar-refractivity contribution in [3.63, 3.8) is 0 Å². The number of rotatable bonds is 9. The second-order valence-corrected chi connectivity index (χ2v) is 8.47.